The van der Waals surface area contributed by atoms with Crippen molar-refractivity contribution in [3.8, 4) is 0 Å². The van der Waals surface area contributed by atoms with Crippen LogP contribution in [0.25, 0.3) is 11.0 Å². The lowest BCUT2D eigenvalue weighted by Crippen LogP contribution is -2.14. The largest absolute Gasteiger partial charge is 0.342 e. The lowest BCUT2D eigenvalue weighted by molar-refractivity contribution is 0.680. The molecule has 0 saturated carbocycles. The van der Waals surface area contributed by atoms with Gasteiger partial charge in [0.2, 0.25) is 0 Å². The predicted octanol–water partition coefficient (Wildman–Crippen LogP) is 2.28. The molecule has 2 N–H and O–H groups in total. The SMILES string of the molecule is Cc1nc2ccc(CNCCCS)cc2[nH]1. The van der Waals surface area contributed by atoms with E-state index in [4.69, 9.17) is 0 Å². The standard InChI is InChI=1S/C12H17N3S/c1-9-14-11-4-3-10(7-12(11)15-9)8-13-5-2-6-16/h3-4,7,13,16H,2,5-6,8H2,1H3,(H,14,15). The molecule has 0 saturated heterocycles. The van der Waals surface area contributed by atoms with Gasteiger partial charge in [0.25, 0.3) is 0 Å². The Morgan fingerprint density at radius 1 is 1.44 bits per heavy atom. The smallest absolute Gasteiger partial charge is 0.104 e. The normalized spacial score (nSPS) is 11.1. The van der Waals surface area contributed by atoms with E-state index in [9.17, 15) is 0 Å². The van der Waals surface area contributed by atoms with Gasteiger partial charge in [0, 0.05) is 6.54 Å². The van der Waals surface area contributed by atoms with Crippen molar-refractivity contribution in [2.24, 2.45) is 0 Å². The predicted molar refractivity (Wildman–Crippen MR) is 71.0 cm³/mol. The first-order chi connectivity index (χ1) is 7.79. The monoisotopic (exact) mass is 235 g/mol. The van der Waals surface area contributed by atoms with Crippen LogP contribution in [0, 0.1) is 6.92 Å². The van der Waals surface area contributed by atoms with Crippen LogP contribution in [-0.4, -0.2) is 22.3 Å². The number of hydrogen-bond donors (Lipinski definition) is 3. The van der Waals surface area contributed by atoms with Gasteiger partial charge in [0.15, 0.2) is 0 Å². The van der Waals surface area contributed by atoms with Crippen LogP contribution in [-0.2, 0) is 6.54 Å². The molecule has 0 atom stereocenters. The Bertz CT molecular complexity index is 464. The summed E-state index contributed by atoms with van der Waals surface area (Å²) in [5, 5.41) is 3.39. The summed E-state index contributed by atoms with van der Waals surface area (Å²) in [4.78, 5) is 7.63. The average Bonchev–Trinajstić information content (AvgIpc) is 2.64. The number of thiol groups is 1. The highest BCUT2D eigenvalue weighted by molar-refractivity contribution is 7.80. The molecule has 0 bridgehead atoms. The third-order valence-corrected chi connectivity index (χ3v) is 2.82. The van der Waals surface area contributed by atoms with Crippen molar-refractivity contribution in [3.05, 3.63) is 29.6 Å². The fraction of sp³-hybridized carbons (Fsp3) is 0.417. The maximum atomic E-state index is 4.38. The fourth-order valence-corrected chi connectivity index (χ4v) is 1.89. The summed E-state index contributed by atoms with van der Waals surface area (Å²) >= 11 is 4.18. The first-order valence-electron chi connectivity index (χ1n) is 5.56. The number of benzene rings is 1. The van der Waals surface area contributed by atoms with E-state index < -0.39 is 0 Å². The Labute approximate surface area is 101 Å². The molecule has 2 rings (SSSR count). The second-order valence-electron chi connectivity index (χ2n) is 3.93. The zero-order valence-electron chi connectivity index (χ0n) is 9.45. The third kappa shape index (κ3) is 2.77. The van der Waals surface area contributed by atoms with Crippen LogP contribution >= 0.6 is 12.6 Å². The van der Waals surface area contributed by atoms with Crippen molar-refractivity contribution in [3.63, 3.8) is 0 Å². The molecule has 0 unspecified atom stereocenters. The van der Waals surface area contributed by atoms with E-state index in [0.717, 1.165) is 42.1 Å². The molecular weight excluding hydrogens is 218 g/mol. The molecular formula is C12H17N3S. The van der Waals surface area contributed by atoms with Crippen molar-refractivity contribution >= 4 is 23.7 Å². The summed E-state index contributed by atoms with van der Waals surface area (Å²) in [6, 6.07) is 6.34. The first kappa shape index (κ1) is 11.5. The number of fused-ring (bicyclic) bond motifs is 1. The van der Waals surface area contributed by atoms with Crippen molar-refractivity contribution in [1.29, 1.82) is 0 Å². The van der Waals surface area contributed by atoms with Gasteiger partial charge in [-0.15, -0.1) is 0 Å². The van der Waals surface area contributed by atoms with Gasteiger partial charge >= 0.3 is 0 Å². The van der Waals surface area contributed by atoms with E-state index in [0.29, 0.717) is 0 Å². The van der Waals surface area contributed by atoms with Gasteiger partial charge in [0.05, 0.1) is 11.0 Å². The summed E-state index contributed by atoms with van der Waals surface area (Å²) in [5.74, 6) is 1.90. The average molecular weight is 235 g/mol. The number of nitrogens with one attached hydrogen (secondary N) is 2. The minimum absolute atomic E-state index is 0.905. The van der Waals surface area contributed by atoms with Crippen LogP contribution in [0.1, 0.15) is 17.8 Å². The summed E-state index contributed by atoms with van der Waals surface area (Å²) in [7, 11) is 0. The Morgan fingerprint density at radius 3 is 3.12 bits per heavy atom. The van der Waals surface area contributed by atoms with Gasteiger partial charge in [-0.25, -0.2) is 4.98 Å². The zero-order chi connectivity index (χ0) is 11.4. The molecule has 0 aliphatic heterocycles. The van der Waals surface area contributed by atoms with Crippen LogP contribution in [0.4, 0.5) is 0 Å². The van der Waals surface area contributed by atoms with Crippen molar-refractivity contribution in [2.75, 3.05) is 12.3 Å². The Balaban J connectivity index is 2.02. The summed E-state index contributed by atoms with van der Waals surface area (Å²) < 4.78 is 0. The van der Waals surface area contributed by atoms with E-state index in [2.05, 4.69) is 46.1 Å². The second-order valence-corrected chi connectivity index (χ2v) is 4.37. The lowest BCUT2D eigenvalue weighted by atomic mass is 10.2. The number of nitrogens with zero attached hydrogens (tertiary/aromatic N) is 1. The van der Waals surface area contributed by atoms with Crippen molar-refractivity contribution in [2.45, 2.75) is 19.9 Å². The van der Waals surface area contributed by atoms with Crippen LogP contribution < -0.4 is 5.32 Å². The van der Waals surface area contributed by atoms with Crippen LogP contribution in [0.15, 0.2) is 18.2 Å². The molecule has 0 aliphatic carbocycles. The van der Waals surface area contributed by atoms with E-state index in [1.807, 2.05) is 6.92 Å². The molecule has 4 heteroatoms. The minimum Gasteiger partial charge on any atom is -0.342 e. The third-order valence-electron chi connectivity index (χ3n) is 2.51. The van der Waals surface area contributed by atoms with Crippen LogP contribution in [0.5, 0.6) is 0 Å². The molecule has 1 heterocycles. The highest BCUT2D eigenvalue weighted by atomic mass is 32.1. The molecule has 1 aromatic heterocycles. The number of imidazole rings is 1. The maximum Gasteiger partial charge on any atom is 0.104 e. The quantitative estimate of drug-likeness (QED) is 0.550. The maximum absolute atomic E-state index is 4.38. The highest BCUT2D eigenvalue weighted by Crippen LogP contribution is 2.13. The summed E-state index contributed by atoms with van der Waals surface area (Å²) in [6.07, 6.45) is 1.11. The van der Waals surface area contributed by atoms with Gasteiger partial charge in [-0.05, 0) is 43.3 Å². The van der Waals surface area contributed by atoms with Gasteiger partial charge in [-0.1, -0.05) is 6.07 Å². The Kier molecular flexibility index (Phi) is 3.85. The minimum atomic E-state index is 0.905. The number of aromatic nitrogens is 2. The summed E-state index contributed by atoms with van der Waals surface area (Å²) in [5.41, 5.74) is 3.44. The molecule has 0 radical (unpaired) electrons. The van der Waals surface area contributed by atoms with Gasteiger partial charge < -0.3 is 10.3 Å². The topological polar surface area (TPSA) is 40.7 Å². The number of aromatic amines is 1. The number of rotatable bonds is 5. The molecule has 0 spiro atoms. The number of H-pyrrole nitrogens is 1. The lowest BCUT2D eigenvalue weighted by Gasteiger charge is -2.03. The molecule has 0 aliphatic rings. The van der Waals surface area contributed by atoms with E-state index in [-0.39, 0.29) is 0 Å². The molecule has 86 valence electrons. The van der Waals surface area contributed by atoms with E-state index in [1.54, 1.807) is 0 Å². The highest BCUT2D eigenvalue weighted by Gasteiger charge is 2.00. The molecule has 0 amide bonds. The van der Waals surface area contributed by atoms with E-state index >= 15 is 0 Å². The second kappa shape index (κ2) is 5.37. The van der Waals surface area contributed by atoms with Gasteiger partial charge in [-0.3, -0.25) is 0 Å². The summed E-state index contributed by atoms with van der Waals surface area (Å²) in [6.45, 7) is 3.90. The Morgan fingerprint density at radius 2 is 2.31 bits per heavy atom. The molecule has 3 nitrogen and oxygen atoms in total. The van der Waals surface area contributed by atoms with Crippen molar-refractivity contribution in [1.82, 2.24) is 15.3 Å². The molecule has 16 heavy (non-hydrogen) atoms. The van der Waals surface area contributed by atoms with E-state index in [1.165, 1.54) is 5.56 Å². The molecule has 0 fully saturated rings. The van der Waals surface area contributed by atoms with Gasteiger partial charge in [0.1, 0.15) is 5.82 Å². The Hall–Kier alpha value is -1.00. The van der Waals surface area contributed by atoms with Gasteiger partial charge in [-0.2, -0.15) is 12.6 Å². The molecule has 2 aromatic rings. The first-order valence-corrected chi connectivity index (χ1v) is 6.19. The zero-order valence-corrected chi connectivity index (χ0v) is 10.3. The van der Waals surface area contributed by atoms with Crippen LogP contribution in [0.2, 0.25) is 0 Å². The fourth-order valence-electron chi connectivity index (χ4n) is 1.73. The number of aryl methyl sites for hydroxylation is 1. The van der Waals surface area contributed by atoms with Crippen molar-refractivity contribution < 1.29 is 0 Å². The van der Waals surface area contributed by atoms with Crippen LogP contribution in [0.3, 0.4) is 0 Å². The number of hydrogen-bond acceptors (Lipinski definition) is 3. The molecule has 1 aromatic carbocycles.